The lowest BCUT2D eigenvalue weighted by Crippen LogP contribution is -2.47. The summed E-state index contributed by atoms with van der Waals surface area (Å²) in [5.41, 5.74) is 0. The van der Waals surface area contributed by atoms with E-state index in [0.717, 1.165) is 35.9 Å². The number of ether oxygens (including phenoxy) is 1. The smallest absolute Gasteiger partial charge is 0.205 e. The second-order valence-corrected chi connectivity index (χ2v) is 5.90. The summed E-state index contributed by atoms with van der Waals surface area (Å²) in [6.07, 6.45) is 3.95. The molecule has 0 aliphatic carbocycles. The van der Waals surface area contributed by atoms with E-state index in [1.807, 2.05) is 14.0 Å². The minimum Gasteiger partial charge on any atom is -0.385 e. The molecule has 17 heavy (non-hydrogen) atoms. The van der Waals surface area contributed by atoms with Crippen LogP contribution in [0.3, 0.4) is 0 Å². The van der Waals surface area contributed by atoms with Gasteiger partial charge in [0.25, 0.3) is 0 Å². The Labute approximate surface area is 109 Å². The van der Waals surface area contributed by atoms with Crippen LogP contribution in [0.25, 0.3) is 0 Å². The van der Waals surface area contributed by atoms with Crippen molar-refractivity contribution in [1.29, 1.82) is 0 Å². The van der Waals surface area contributed by atoms with Gasteiger partial charge in [-0.1, -0.05) is 0 Å². The fourth-order valence-electron chi connectivity index (χ4n) is 2.85. The van der Waals surface area contributed by atoms with E-state index >= 15 is 0 Å². The maximum atomic E-state index is 5.68. The molecule has 2 aliphatic heterocycles. The van der Waals surface area contributed by atoms with Crippen molar-refractivity contribution < 1.29 is 18.4 Å². The van der Waals surface area contributed by atoms with Crippen molar-refractivity contribution in [2.24, 2.45) is 0 Å². The van der Waals surface area contributed by atoms with Gasteiger partial charge in [0.2, 0.25) is 5.25 Å². The Bertz CT molecular complexity index is 216. The average molecular weight is 265 g/mol. The van der Waals surface area contributed by atoms with Gasteiger partial charge in [0.05, 0.1) is 20.6 Å². The number of quaternary nitrogens is 1. The van der Waals surface area contributed by atoms with Gasteiger partial charge in [0.15, 0.2) is 6.54 Å². The van der Waals surface area contributed by atoms with Crippen LogP contribution in [0, 0.1) is 0 Å². The topological polar surface area (TPSA) is 27.7 Å². The highest BCUT2D eigenvalue weighted by molar-refractivity contribution is 7.74. The number of fused-ring (bicyclic) bond motifs is 1. The molecule has 0 saturated carbocycles. The zero-order valence-corrected chi connectivity index (χ0v) is 12.4. The number of hydrogen-bond acceptors (Lipinski definition) is 3. The Morgan fingerprint density at radius 1 is 1.29 bits per heavy atom. The van der Waals surface area contributed by atoms with Gasteiger partial charge in [-0.05, 0) is 6.92 Å². The lowest BCUT2D eigenvalue weighted by Gasteiger charge is -2.28. The average Bonchev–Trinajstić information content (AvgIpc) is 2.86. The molecule has 5 heteroatoms. The molecule has 2 fully saturated rings. The van der Waals surface area contributed by atoms with Crippen LogP contribution in [0.1, 0.15) is 26.2 Å². The summed E-state index contributed by atoms with van der Waals surface area (Å²) >= 11 is 1.14. The van der Waals surface area contributed by atoms with Gasteiger partial charge in [0, 0.05) is 26.6 Å². The van der Waals surface area contributed by atoms with E-state index in [0.29, 0.717) is 5.25 Å². The van der Waals surface area contributed by atoms with E-state index in [-0.39, 0.29) is 0 Å². The zero-order chi connectivity index (χ0) is 12.7. The molecule has 0 spiro atoms. The Morgan fingerprint density at radius 2 is 2.00 bits per heavy atom. The van der Waals surface area contributed by atoms with Crippen LogP contribution in [0.5, 0.6) is 0 Å². The van der Waals surface area contributed by atoms with Gasteiger partial charge in [-0.15, -0.1) is 0 Å². The Kier molecular flexibility index (Phi) is 6.80. The standard InChI is InChI=1S/C9H18NO2S.C3H8O/c1-11-10-5-3-4-8(10)6-9(7-10)13-12-2;1-3-4-2/h8-9H,3-7H2,1-2H3;3H2,1-2H3/q+1;/p+1. The van der Waals surface area contributed by atoms with E-state index in [4.69, 9.17) is 9.02 Å². The number of nitrogens with zero attached hydrogens (tertiary/aromatic N) is 1. The molecular weight excluding hydrogens is 238 g/mol. The SMILES string of the molecule is CCOC.CO[SH+]C1CC2CCC[N+]2(OC)C1. The van der Waals surface area contributed by atoms with Crippen molar-refractivity contribution >= 4 is 12.0 Å². The molecule has 0 radical (unpaired) electrons. The van der Waals surface area contributed by atoms with Gasteiger partial charge >= 0.3 is 0 Å². The Morgan fingerprint density at radius 3 is 2.47 bits per heavy atom. The molecule has 3 atom stereocenters. The predicted molar refractivity (Wildman–Crippen MR) is 71.7 cm³/mol. The van der Waals surface area contributed by atoms with E-state index in [1.165, 1.54) is 25.8 Å². The third kappa shape index (κ3) is 3.83. The lowest BCUT2D eigenvalue weighted by atomic mass is 10.1. The molecule has 0 N–H and O–H groups in total. The van der Waals surface area contributed by atoms with Crippen molar-refractivity contribution in [3.05, 3.63) is 0 Å². The molecule has 2 aliphatic rings. The summed E-state index contributed by atoms with van der Waals surface area (Å²) in [4.78, 5) is 5.68. The molecule has 3 unspecified atom stereocenters. The minimum atomic E-state index is 0.690. The van der Waals surface area contributed by atoms with E-state index in [2.05, 4.69) is 4.74 Å². The number of rotatable bonds is 4. The van der Waals surface area contributed by atoms with Gasteiger partial charge in [-0.25, -0.2) is 4.84 Å². The summed E-state index contributed by atoms with van der Waals surface area (Å²) < 4.78 is 10.6. The largest absolute Gasteiger partial charge is 0.385 e. The number of methoxy groups -OCH3 is 1. The second kappa shape index (κ2) is 7.59. The van der Waals surface area contributed by atoms with Crippen LogP contribution in [-0.2, 0) is 25.8 Å². The summed E-state index contributed by atoms with van der Waals surface area (Å²) in [5, 5.41) is 0.690. The van der Waals surface area contributed by atoms with E-state index in [1.54, 1.807) is 14.2 Å². The summed E-state index contributed by atoms with van der Waals surface area (Å²) in [7, 11) is 5.31. The van der Waals surface area contributed by atoms with Crippen LogP contribution in [-0.4, -0.2) is 57.0 Å². The molecule has 0 aromatic rings. The maximum absolute atomic E-state index is 5.68. The number of thiol groups is 1. The van der Waals surface area contributed by atoms with Crippen molar-refractivity contribution in [2.45, 2.75) is 37.5 Å². The predicted octanol–water partition coefficient (Wildman–Crippen LogP) is 1.33. The van der Waals surface area contributed by atoms with Crippen molar-refractivity contribution in [3.8, 4) is 0 Å². The summed E-state index contributed by atoms with van der Waals surface area (Å²) in [6.45, 7) is 5.13. The highest BCUT2D eigenvalue weighted by Crippen LogP contribution is 2.37. The summed E-state index contributed by atoms with van der Waals surface area (Å²) in [5.74, 6) is 0. The van der Waals surface area contributed by atoms with Gasteiger partial charge in [-0.3, -0.25) is 0 Å². The summed E-state index contributed by atoms with van der Waals surface area (Å²) in [6, 6.07) is 0.748. The van der Waals surface area contributed by atoms with E-state index < -0.39 is 0 Å². The molecule has 0 aromatic heterocycles. The Hall–Kier alpha value is 0.190. The molecule has 4 nitrogen and oxygen atoms in total. The van der Waals surface area contributed by atoms with Crippen LogP contribution in [0.4, 0.5) is 0 Å². The Balaban J connectivity index is 0.000000317. The third-order valence-electron chi connectivity index (χ3n) is 3.71. The van der Waals surface area contributed by atoms with Gasteiger partial charge < -0.3 is 4.74 Å². The molecule has 0 aromatic carbocycles. The number of hydroxylamine groups is 3. The zero-order valence-electron chi connectivity index (χ0n) is 11.5. The first-order chi connectivity index (χ1) is 8.22. The molecule has 2 saturated heterocycles. The van der Waals surface area contributed by atoms with Crippen LogP contribution in [0.2, 0.25) is 0 Å². The minimum absolute atomic E-state index is 0.690. The quantitative estimate of drug-likeness (QED) is 0.436. The molecule has 2 heterocycles. The van der Waals surface area contributed by atoms with Crippen LogP contribution in [0.15, 0.2) is 0 Å². The first kappa shape index (κ1) is 15.2. The number of hydrogen-bond donors (Lipinski definition) is 0. The first-order valence-corrected chi connectivity index (χ1v) is 7.25. The highest BCUT2D eigenvalue weighted by Gasteiger charge is 2.54. The fraction of sp³-hybridized carbons (Fsp3) is 1.00. The normalized spacial score (nSPS) is 35.3. The second-order valence-electron chi connectivity index (χ2n) is 4.59. The monoisotopic (exact) mass is 265 g/mol. The van der Waals surface area contributed by atoms with Crippen LogP contribution < -0.4 is 0 Å². The lowest BCUT2D eigenvalue weighted by molar-refractivity contribution is -1.10. The molecular formula is C12H27NO3S+2. The van der Waals surface area contributed by atoms with Crippen molar-refractivity contribution in [2.75, 3.05) is 41.0 Å². The van der Waals surface area contributed by atoms with Crippen LogP contribution >= 0.6 is 0 Å². The first-order valence-electron chi connectivity index (χ1n) is 6.37. The molecule has 0 bridgehead atoms. The van der Waals surface area contributed by atoms with Gasteiger partial charge in [0.1, 0.15) is 24.6 Å². The third-order valence-corrected chi connectivity index (χ3v) is 4.59. The van der Waals surface area contributed by atoms with Crippen molar-refractivity contribution in [3.63, 3.8) is 0 Å². The van der Waals surface area contributed by atoms with Gasteiger partial charge in [-0.2, -0.15) is 8.83 Å². The molecule has 2 rings (SSSR count). The highest BCUT2D eigenvalue weighted by atomic mass is 32.2. The van der Waals surface area contributed by atoms with E-state index in [9.17, 15) is 0 Å². The molecule has 102 valence electrons. The van der Waals surface area contributed by atoms with Crippen molar-refractivity contribution in [1.82, 2.24) is 0 Å². The fourth-order valence-corrected chi connectivity index (χ4v) is 3.82. The maximum Gasteiger partial charge on any atom is 0.205 e. The molecule has 0 amide bonds.